The van der Waals surface area contributed by atoms with Crippen LogP contribution in [0.1, 0.15) is 31.4 Å². The molecule has 3 aromatic carbocycles. The number of aryl methyl sites for hydroxylation is 1. The highest BCUT2D eigenvalue weighted by Crippen LogP contribution is 2.28. The first-order valence-corrected chi connectivity index (χ1v) is 14.9. The van der Waals surface area contributed by atoms with Crippen LogP contribution in [0.3, 0.4) is 0 Å². The zero-order valence-electron chi connectivity index (χ0n) is 22.9. The number of anilines is 1. The topological polar surface area (TPSA) is 96.0 Å². The molecule has 2 amide bonds. The van der Waals surface area contributed by atoms with Crippen molar-refractivity contribution in [3.8, 4) is 5.75 Å². The van der Waals surface area contributed by atoms with Gasteiger partial charge in [-0.05, 0) is 62.2 Å². The van der Waals surface area contributed by atoms with Gasteiger partial charge in [0.25, 0.3) is 10.0 Å². The van der Waals surface area contributed by atoms with E-state index in [4.69, 9.17) is 27.9 Å². The van der Waals surface area contributed by atoms with Crippen molar-refractivity contribution in [1.29, 1.82) is 0 Å². The SMILES string of the molecule is CCCNC(=O)C(C)N(Cc1ccc(Cl)cc1Cl)C(=O)CN(c1cccc(OC)c1)S(=O)(=O)c1ccc(C)cc1. The molecular weight excluding hydrogens is 573 g/mol. The molecule has 40 heavy (non-hydrogen) atoms. The van der Waals surface area contributed by atoms with Gasteiger partial charge in [0, 0.05) is 29.2 Å². The molecule has 1 unspecified atom stereocenters. The number of amides is 2. The van der Waals surface area contributed by atoms with Crippen molar-refractivity contribution >= 4 is 50.7 Å². The predicted molar refractivity (Wildman–Crippen MR) is 158 cm³/mol. The number of hydrogen-bond donors (Lipinski definition) is 1. The van der Waals surface area contributed by atoms with Crippen LogP contribution in [0.2, 0.25) is 10.0 Å². The summed E-state index contributed by atoms with van der Waals surface area (Å²) in [7, 11) is -2.72. The van der Waals surface area contributed by atoms with Crippen molar-refractivity contribution in [3.63, 3.8) is 0 Å². The lowest BCUT2D eigenvalue weighted by molar-refractivity contribution is -0.139. The van der Waals surface area contributed by atoms with Gasteiger partial charge in [0.05, 0.1) is 17.7 Å². The highest BCUT2D eigenvalue weighted by molar-refractivity contribution is 7.92. The van der Waals surface area contributed by atoms with Gasteiger partial charge < -0.3 is 15.0 Å². The largest absolute Gasteiger partial charge is 0.497 e. The summed E-state index contributed by atoms with van der Waals surface area (Å²) < 4.78 is 34.1. The van der Waals surface area contributed by atoms with Crippen LogP contribution in [-0.4, -0.2) is 51.4 Å². The number of halogens is 2. The van der Waals surface area contributed by atoms with Gasteiger partial charge >= 0.3 is 0 Å². The van der Waals surface area contributed by atoms with Gasteiger partial charge in [-0.1, -0.05) is 60.0 Å². The Hall–Kier alpha value is -3.27. The maximum absolute atomic E-state index is 14.0. The van der Waals surface area contributed by atoms with E-state index in [1.807, 2.05) is 13.8 Å². The maximum atomic E-state index is 14.0. The summed E-state index contributed by atoms with van der Waals surface area (Å²) in [6.45, 7) is 5.20. The highest BCUT2D eigenvalue weighted by atomic mass is 35.5. The molecule has 0 spiro atoms. The monoisotopic (exact) mass is 605 g/mol. The number of methoxy groups -OCH3 is 1. The van der Waals surface area contributed by atoms with Gasteiger partial charge in [0.15, 0.2) is 0 Å². The van der Waals surface area contributed by atoms with Crippen LogP contribution in [0.4, 0.5) is 5.69 Å². The molecule has 0 heterocycles. The third-order valence-corrected chi connectivity index (χ3v) is 8.68. The highest BCUT2D eigenvalue weighted by Gasteiger charge is 2.33. The number of sulfonamides is 1. The first kappa shape index (κ1) is 31.3. The third-order valence-electron chi connectivity index (χ3n) is 6.30. The molecule has 3 aromatic rings. The second-order valence-corrected chi connectivity index (χ2v) is 12.0. The molecule has 8 nitrogen and oxygen atoms in total. The van der Waals surface area contributed by atoms with E-state index >= 15 is 0 Å². The van der Waals surface area contributed by atoms with Gasteiger partial charge in [0.1, 0.15) is 18.3 Å². The molecule has 214 valence electrons. The lowest BCUT2D eigenvalue weighted by Crippen LogP contribution is -2.51. The molecule has 0 saturated carbocycles. The average Bonchev–Trinajstić information content (AvgIpc) is 2.93. The number of ether oxygens (including phenoxy) is 1. The van der Waals surface area contributed by atoms with Crippen molar-refractivity contribution in [3.05, 3.63) is 87.9 Å². The van der Waals surface area contributed by atoms with Crippen molar-refractivity contribution in [1.82, 2.24) is 10.2 Å². The number of hydrogen-bond acceptors (Lipinski definition) is 5. The number of nitrogens with one attached hydrogen (secondary N) is 1. The van der Waals surface area contributed by atoms with Crippen LogP contribution in [0.5, 0.6) is 5.75 Å². The van der Waals surface area contributed by atoms with E-state index in [0.717, 1.165) is 9.87 Å². The summed E-state index contributed by atoms with van der Waals surface area (Å²) in [6, 6.07) is 16.7. The average molecular weight is 607 g/mol. The predicted octanol–water partition coefficient (Wildman–Crippen LogP) is 5.45. The van der Waals surface area contributed by atoms with Gasteiger partial charge in [-0.25, -0.2) is 8.42 Å². The van der Waals surface area contributed by atoms with Gasteiger partial charge in [-0.15, -0.1) is 0 Å². The number of rotatable bonds is 12. The standard InChI is InChI=1S/C29H33Cl2N3O5S/c1-5-15-32-29(36)21(3)33(18-22-11-12-23(30)16-27(22)31)28(35)19-34(24-7-6-8-25(17-24)39-4)40(37,38)26-13-9-20(2)10-14-26/h6-14,16-17,21H,5,15,18-19H2,1-4H3,(H,32,36). The minimum Gasteiger partial charge on any atom is -0.497 e. The number of benzene rings is 3. The minimum absolute atomic E-state index is 0.0229. The van der Waals surface area contributed by atoms with Crippen LogP contribution in [0.25, 0.3) is 0 Å². The van der Waals surface area contributed by atoms with E-state index in [-0.39, 0.29) is 23.0 Å². The first-order valence-electron chi connectivity index (χ1n) is 12.7. The quantitative estimate of drug-likeness (QED) is 0.296. The second kappa shape index (κ2) is 13.9. The Morgan fingerprint density at radius 1 is 1.02 bits per heavy atom. The van der Waals surface area contributed by atoms with Crippen LogP contribution in [-0.2, 0) is 26.2 Å². The minimum atomic E-state index is -4.18. The van der Waals surface area contributed by atoms with Crippen LogP contribution in [0, 0.1) is 6.92 Å². The summed E-state index contributed by atoms with van der Waals surface area (Å²) in [4.78, 5) is 28.3. The zero-order valence-corrected chi connectivity index (χ0v) is 25.2. The fourth-order valence-corrected chi connectivity index (χ4v) is 5.82. The summed E-state index contributed by atoms with van der Waals surface area (Å²) in [5.41, 5.74) is 1.69. The molecule has 0 bridgehead atoms. The lowest BCUT2D eigenvalue weighted by Gasteiger charge is -2.32. The molecule has 0 radical (unpaired) electrons. The van der Waals surface area contributed by atoms with E-state index in [2.05, 4.69) is 5.32 Å². The van der Waals surface area contributed by atoms with E-state index in [1.165, 1.54) is 30.2 Å². The Morgan fingerprint density at radius 2 is 1.73 bits per heavy atom. The molecule has 1 atom stereocenters. The van der Waals surface area contributed by atoms with Crippen molar-refractivity contribution in [2.45, 2.75) is 44.7 Å². The van der Waals surface area contributed by atoms with Crippen LogP contribution < -0.4 is 14.4 Å². The smallest absolute Gasteiger partial charge is 0.264 e. The Bertz CT molecular complexity index is 1450. The van der Waals surface area contributed by atoms with E-state index in [9.17, 15) is 18.0 Å². The molecule has 0 aliphatic rings. The van der Waals surface area contributed by atoms with Gasteiger partial charge in [-0.2, -0.15) is 0 Å². The van der Waals surface area contributed by atoms with Crippen molar-refractivity contribution < 1.29 is 22.7 Å². The molecule has 0 aromatic heterocycles. The van der Waals surface area contributed by atoms with Crippen LogP contribution >= 0.6 is 23.2 Å². The molecule has 0 saturated heterocycles. The Kier molecular flexibility index (Phi) is 10.8. The number of nitrogens with zero attached hydrogens (tertiary/aromatic N) is 2. The Morgan fingerprint density at radius 3 is 2.35 bits per heavy atom. The summed E-state index contributed by atoms with van der Waals surface area (Å²) >= 11 is 12.5. The Labute approximate surface area is 245 Å². The molecule has 1 N–H and O–H groups in total. The Balaban J connectivity index is 2.06. The molecule has 3 rings (SSSR count). The molecule has 11 heteroatoms. The third kappa shape index (κ3) is 7.68. The molecule has 0 aliphatic heterocycles. The summed E-state index contributed by atoms with van der Waals surface area (Å²) in [5, 5.41) is 3.55. The molecular formula is C29H33Cl2N3O5S. The zero-order chi connectivity index (χ0) is 29.4. The maximum Gasteiger partial charge on any atom is 0.264 e. The second-order valence-electron chi connectivity index (χ2n) is 9.25. The fourth-order valence-electron chi connectivity index (χ4n) is 3.94. The molecule has 0 aliphatic carbocycles. The van der Waals surface area contributed by atoms with Gasteiger partial charge in [0.2, 0.25) is 11.8 Å². The van der Waals surface area contributed by atoms with Crippen molar-refractivity contribution in [2.75, 3.05) is 24.5 Å². The van der Waals surface area contributed by atoms with E-state index < -0.39 is 28.5 Å². The first-order chi connectivity index (χ1) is 19.0. The number of carbonyl (C=O) groups excluding carboxylic acids is 2. The number of carbonyl (C=O) groups is 2. The summed E-state index contributed by atoms with van der Waals surface area (Å²) in [5.74, 6) is -0.538. The van der Waals surface area contributed by atoms with E-state index in [0.29, 0.717) is 34.3 Å². The lowest BCUT2D eigenvalue weighted by atomic mass is 10.1. The molecule has 0 fully saturated rings. The van der Waals surface area contributed by atoms with Crippen LogP contribution in [0.15, 0.2) is 71.6 Å². The van der Waals surface area contributed by atoms with E-state index in [1.54, 1.807) is 55.5 Å². The summed E-state index contributed by atoms with van der Waals surface area (Å²) in [6.07, 6.45) is 0.716. The van der Waals surface area contributed by atoms with Gasteiger partial charge in [-0.3, -0.25) is 13.9 Å². The normalized spacial score (nSPS) is 11.9. The van der Waals surface area contributed by atoms with Crippen molar-refractivity contribution in [2.24, 2.45) is 0 Å². The fraction of sp³-hybridized carbons (Fsp3) is 0.310.